The summed E-state index contributed by atoms with van der Waals surface area (Å²) >= 11 is 0. The van der Waals surface area contributed by atoms with Crippen molar-refractivity contribution in [3.8, 4) is 11.4 Å². The molecule has 0 N–H and O–H groups in total. The summed E-state index contributed by atoms with van der Waals surface area (Å²) in [5.41, 5.74) is 5.04. The molecule has 1 saturated heterocycles. The number of aryl methyl sites for hydroxylation is 1. The van der Waals surface area contributed by atoms with Gasteiger partial charge < -0.3 is 4.74 Å². The Balaban J connectivity index is 1.35. The molecule has 3 aromatic rings. The molecule has 0 radical (unpaired) electrons. The third kappa shape index (κ3) is 3.49. The first-order valence-electron chi connectivity index (χ1n) is 11.0. The predicted molar refractivity (Wildman–Crippen MR) is 116 cm³/mol. The van der Waals surface area contributed by atoms with E-state index in [0.717, 1.165) is 43.1 Å². The van der Waals surface area contributed by atoms with Crippen LogP contribution in [-0.4, -0.2) is 37.8 Å². The summed E-state index contributed by atoms with van der Waals surface area (Å²) in [6.07, 6.45) is 12.9. The van der Waals surface area contributed by atoms with Crippen LogP contribution in [0.3, 0.4) is 0 Å². The zero-order valence-electron chi connectivity index (χ0n) is 17.8. The molecule has 6 heteroatoms. The van der Waals surface area contributed by atoms with E-state index in [-0.39, 0.29) is 0 Å². The van der Waals surface area contributed by atoms with Crippen LogP contribution in [0.1, 0.15) is 61.3 Å². The highest BCUT2D eigenvalue weighted by atomic mass is 16.5. The molecule has 2 aliphatic heterocycles. The fourth-order valence-corrected chi connectivity index (χ4v) is 4.91. The van der Waals surface area contributed by atoms with Crippen LogP contribution in [0.5, 0.6) is 5.75 Å². The summed E-state index contributed by atoms with van der Waals surface area (Å²) in [6.45, 7) is 3.11. The molecule has 6 nitrogen and oxygen atoms in total. The highest BCUT2D eigenvalue weighted by Crippen LogP contribution is 2.44. The lowest BCUT2D eigenvalue weighted by molar-refractivity contribution is 0.166. The predicted octanol–water partition coefficient (Wildman–Crippen LogP) is 4.28. The highest BCUT2D eigenvalue weighted by molar-refractivity contribution is 5.41. The molecule has 4 heterocycles. The second-order valence-corrected chi connectivity index (χ2v) is 8.39. The van der Waals surface area contributed by atoms with Gasteiger partial charge in [0, 0.05) is 55.0 Å². The van der Waals surface area contributed by atoms with Crippen LogP contribution >= 0.6 is 0 Å². The highest BCUT2D eigenvalue weighted by Gasteiger charge is 2.41. The summed E-state index contributed by atoms with van der Waals surface area (Å²) in [4.78, 5) is 11.8. The smallest absolute Gasteiger partial charge is 0.128 e. The fraction of sp³-hybridized carbons (Fsp3) is 0.458. The maximum atomic E-state index is 5.29. The molecule has 30 heavy (non-hydrogen) atoms. The van der Waals surface area contributed by atoms with Crippen LogP contribution in [0.15, 0.2) is 42.9 Å². The lowest BCUT2D eigenvalue weighted by Gasteiger charge is -2.34. The van der Waals surface area contributed by atoms with E-state index < -0.39 is 0 Å². The van der Waals surface area contributed by atoms with E-state index in [9.17, 15) is 0 Å². The van der Waals surface area contributed by atoms with Crippen molar-refractivity contribution < 1.29 is 4.74 Å². The van der Waals surface area contributed by atoms with E-state index in [0.29, 0.717) is 12.1 Å². The maximum absolute atomic E-state index is 5.29. The van der Waals surface area contributed by atoms with Crippen molar-refractivity contribution in [2.45, 2.75) is 64.1 Å². The van der Waals surface area contributed by atoms with Crippen molar-refractivity contribution in [3.05, 3.63) is 65.5 Å². The first-order chi connectivity index (χ1) is 14.8. The summed E-state index contributed by atoms with van der Waals surface area (Å²) < 4.78 is 7.41. The molecule has 1 aromatic carbocycles. The first-order valence-corrected chi connectivity index (χ1v) is 11.0. The number of hydrogen-bond donors (Lipinski definition) is 0. The van der Waals surface area contributed by atoms with Crippen LogP contribution in [0, 0.1) is 0 Å². The van der Waals surface area contributed by atoms with E-state index in [1.807, 2.05) is 24.5 Å². The molecule has 2 aromatic heterocycles. The number of ether oxygens (including phenoxy) is 1. The van der Waals surface area contributed by atoms with Gasteiger partial charge in [-0.25, -0.2) is 14.6 Å². The van der Waals surface area contributed by atoms with Crippen LogP contribution in [-0.2, 0) is 19.4 Å². The fourth-order valence-electron chi connectivity index (χ4n) is 4.91. The Morgan fingerprint density at radius 2 is 1.87 bits per heavy atom. The number of nitrogens with zero attached hydrogens (tertiary/aromatic N) is 5. The minimum absolute atomic E-state index is 0.436. The summed E-state index contributed by atoms with van der Waals surface area (Å²) in [7, 11) is 1.70. The summed E-state index contributed by atoms with van der Waals surface area (Å²) in [5.74, 6) is 1.83. The van der Waals surface area contributed by atoms with Gasteiger partial charge in [0.05, 0.1) is 24.7 Å². The molecule has 0 unspecified atom stereocenters. The summed E-state index contributed by atoms with van der Waals surface area (Å²) in [6, 6.07) is 9.14. The second-order valence-electron chi connectivity index (χ2n) is 8.39. The normalized spacial score (nSPS) is 20.3. The standard InChI is InChI=1S/C24H29N5O/c1-3-4-5-24-25-13-17(14-26-24)16-28-19-8-11-22(28)21-15-27-29(23(21)12-19)18-6-9-20(30-2)10-7-18/h6-7,9-10,13-15,19,22H,3-5,8,11-12,16H2,1-2H3/t19-,22+/m0/s1. The van der Waals surface area contributed by atoms with Crippen molar-refractivity contribution in [1.82, 2.24) is 24.6 Å². The molecule has 0 amide bonds. The number of benzene rings is 1. The molecule has 1 fully saturated rings. The molecular weight excluding hydrogens is 374 g/mol. The van der Waals surface area contributed by atoms with Gasteiger partial charge in [-0.2, -0.15) is 5.10 Å². The van der Waals surface area contributed by atoms with Crippen LogP contribution in [0.4, 0.5) is 0 Å². The number of aromatic nitrogens is 4. The Hall–Kier alpha value is -2.73. The van der Waals surface area contributed by atoms with E-state index in [4.69, 9.17) is 9.84 Å². The summed E-state index contributed by atoms with van der Waals surface area (Å²) in [5, 5.41) is 4.75. The molecule has 2 atom stereocenters. The lowest BCUT2D eigenvalue weighted by Crippen LogP contribution is -2.37. The lowest BCUT2D eigenvalue weighted by atomic mass is 9.99. The maximum Gasteiger partial charge on any atom is 0.128 e. The van der Waals surface area contributed by atoms with Gasteiger partial charge in [0.25, 0.3) is 0 Å². The van der Waals surface area contributed by atoms with Crippen LogP contribution < -0.4 is 4.74 Å². The molecule has 2 aliphatic rings. The Morgan fingerprint density at radius 3 is 2.60 bits per heavy atom. The topological polar surface area (TPSA) is 56.1 Å². The Labute approximate surface area is 177 Å². The monoisotopic (exact) mass is 403 g/mol. The van der Waals surface area contributed by atoms with Gasteiger partial charge >= 0.3 is 0 Å². The van der Waals surface area contributed by atoms with E-state index in [1.165, 1.54) is 36.1 Å². The first kappa shape index (κ1) is 19.2. The molecule has 2 bridgehead atoms. The van der Waals surface area contributed by atoms with Gasteiger partial charge in [-0.15, -0.1) is 0 Å². The van der Waals surface area contributed by atoms with E-state index in [2.05, 4.69) is 44.8 Å². The zero-order chi connectivity index (χ0) is 20.5. The Morgan fingerprint density at radius 1 is 1.07 bits per heavy atom. The largest absolute Gasteiger partial charge is 0.497 e. The molecule has 0 aliphatic carbocycles. The third-order valence-electron chi connectivity index (χ3n) is 6.53. The SMILES string of the molecule is CCCCc1ncc(CN2[C@H]3CC[C@@H]2c2cnn(-c4ccc(OC)cc4)c2C3)cn1. The number of rotatable bonds is 7. The molecule has 156 valence electrons. The molecule has 5 rings (SSSR count). The Bertz CT molecular complexity index is 995. The molecule has 0 saturated carbocycles. The zero-order valence-corrected chi connectivity index (χ0v) is 17.8. The van der Waals surface area contributed by atoms with E-state index in [1.54, 1.807) is 7.11 Å². The third-order valence-corrected chi connectivity index (χ3v) is 6.53. The average Bonchev–Trinajstić information content (AvgIpc) is 3.33. The van der Waals surface area contributed by atoms with Crippen LogP contribution in [0.25, 0.3) is 5.69 Å². The van der Waals surface area contributed by atoms with Crippen molar-refractivity contribution in [1.29, 1.82) is 0 Å². The van der Waals surface area contributed by atoms with Gasteiger partial charge in [-0.1, -0.05) is 13.3 Å². The van der Waals surface area contributed by atoms with Gasteiger partial charge in [0.15, 0.2) is 0 Å². The van der Waals surface area contributed by atoms with Crippen molar-refractivity contribution >= 4 is 0 Å². The molecule has 0 spiro atoms. The van der Waals surface area contributed by atoms with Gasteiger partial charge in [-0.05, 0) is 43.5 Å². The number of methoxy groups -OCH3 is 1. The number of unbranched alkanes of at least 4 members (excludes halogenated alkanes) is 1. The number of hydrogen-bond acceptors (Lipinski definition) is 5. The van der Waals surface area contributed by atoms with E-state index >= 15 is 0 Å². The quantitative estimate of drug-likeness (QED) is 0.589. The van der Waals surface area contributed by atoms with Gasteiger partial charge in [0.2, 0.25) is 0 Å². The minimum Gasteiger partial charge on any atom is -0.497 e. The van der Waals surface area contributed by atoms with Crippen molar-refractivity contribution in [2.24, 2.45) is 0 Å². The van der Waals surface area contributed by atoms with Crippen LogP contribution in [0.2, 0.25) is 0 Å². The molecular formula is C24H29N5O. The van der Waals surface area contributed by atoms with Crippen molar-refractivity contribution in [3.63, 3.8) is 0 Å². The van der Waals surface area contributed by atoms with Gasteiger partial charge in [0.1, 0.15) is 11.6 Å². The van der Waals surface area contributed by atoms with Crippen molar-refractivity contribution in [2.75, 3.05) is 7.11 Å². The Kier molecular flexibility index (Phi) is 5.25. The number of fused-ring (bicyclic) bond motifs is 4. The minimum atomic E-state index is 0.436. The second kappa shape index (κ2) is 8.19. The average molecular weight is 404 g/mol. The van der Waals surface area contributed by atoms with Gasteiger partial charge in [-0.3, -0.25) is 4.90 Å².